The maximum Gasteiger partial charge on any atom is 0.0998 e. The molecule has 8 rings (SSSR count). The summed E-state index contributed by atoms with van der Waals surface area (Å²) in [5.74, 6) is 0. The zero-order valence-electron chi connectivity index (χ0n) is 22.5. The molecule has 0 atom stereocenters. The van der Waals surface area contributed by atoms with Gasteiger partial charge >= 0.3 is 0 Å². The smallest absolute Gasteiger partial charge is 0.0998 e. The van der Waals surface area contributed by atoms with Gasteiger partial charge in [-0.25, -0.2) is 0 Å². The molecular formula is C38H22N4. The number of hydrogen-bond acceptors (Lipinski definition) is 2. The lowest BCUT2D eigenvalue weighted by atomic mass is 9.93. The number of fused-ring (bicyclic) bond motifs is 6. The Morgan fingerprint density at radius 1 is 0.452 bits per heavy atom. The Morgan fingerprint density at radius 2 is 0.952 bits per heavy atom. The number of aromatic nitrogens is 2. The maximum absolute atomic E-state index is 10.4. The summed E-state index contributed by atoms with van der Waals surface area (Å²) < 4.78 is 4.62. The van der Waals surface area contributed by atoms with Crippen molar-refractivity contribution in [1.82, 2.24) is 9.13 Å². The molecule has 0 N–H and O–H groups in total. The fraction of sp³-hybridized carbons (Fsp3) is 0. The number of rotatable bonds is 3. The third-order valence-electron chi connectivity index (χ3n) is 8.16. The molecule has 0 spiro atoms. The van der Waals surface area contributed by atoms with Crippen LogP contribution in [0.25, 0.3) is 66.1 Å². The summed E-state index contributed by atoms with van der Waals surface area (Å²) in [6.07, 6.45) is 0. The van der Waals surface area contributed by atoms with E-state index in [4.69, 9.17) is 0 Å². The van der Waals surface area contributed by atoms with Gasteiger partial charge in [0.15, 0.2) is 0 Å². The van der Waals surface area contributed by atoms with E-state index < -0.39 is 0 Å². The molecule has 0 unspecified atom stereocenters. The average molecular weight is 535 g/mol. The number of para-hydroxylation sites is 4. The minimum absolute atomic E-state index is 0.464. The van der Waals surface area contributed by atoms with Gasteiger partial charge in [-0.3, -0.25) is 0 Å². The van der Waals surface area contributed by atoms with Gasteiger partial charge in [0.25, 0.3) is 0 Å². The third kappa shape index (κ3) is 3.33. The molecular weight excluding hydrogens is 512 g/mol. The molecule has 2 heterocycles. The Morgan fingerprint density at radius 3 is 1.45 bits per heavy atom. The van der Waals surface area contributed by atoms with Crippen molar-refractivity contribution in [3.8, 4) is 34.6 Å². The first-order chi connectivity index (χ1) is 20.8. The highest BCUT2D eigenvalue weighted by molar-refractivity contribution is 6.26. The van der Waals surface area contributed by atoms with Crippen molar-refractivity contribution in [2.24, 2.45) is 0 Å². The molecule has 0 fully saturated rings. The summed E-state index contributed by atoms with van der Waals surface area (Å²) in [5, 5.41) is 24.6. The molecule has 0 saturated carbocycles. The fourth-order valence-corrected chi connectivity index (χ4v) is 6.44. The molecule has 0 radical (unpaired) electrons. The molecule has 194 valence electrons. The van der Waals surface area contributed by atoms with Crippen LogP contribution in [0.4, 0.5) is 0 Å². The second kappa shape index (κ2) is 9.24. The van der Waals surface area contributed by atoms with Crippen molar-refractivity contribution in [3.63, 3.8) is 0 Å². The van der Waals surface area contributed by atoms with E-state index in [1.165, 1.54) is 0 Å². The van der Waals surface area contributed by atoms with Crippen LogP contribution in [-0.2, 0) is 0 Å². The Hall–Kier alpha value is -6.10. The highest BCUT2D eigenvalue weighted by Crippen LogP contribution is 2.47. The van der Waals surface area contributed by atoms with Crippen LogP contribution in [0.3, 0.4) is 0 Å². The Balaban J connectivity index is 1.72. The largest absolute Gasteiger partial charge is 0.309 e. The van der Waals surface area contributed by atoms with Crippen LogP contribution >= 0.6 is 0 Å². The van der Waals surface area contributed by atoms with Crippen molar-refractivity contribution in [2.75, 3.05) is 0 Å². The maximum atomic E-state index is 10.4. The SMILES string of the molecule is N#Cc1ccc(-c2c3c(cc4c5ccccc5n(-c5ccccc5)c24)c2ccccc2n3-c2ccccc2)c(C#N)c1. The molecule has 4 nitrogen and oxygen atoms in total. The van der Waals surface area contributed by atoms with Gasteiger partial charge in [-0.1, -0.05) is 78.9 Å². The quantitative estimate of drug-likeness (QED) is 0.227. The van der Waals surface area contributed by atoms with Gasteiger partial charge in [0.05, 0.1) is 45.3 Å². The highest BCUT2D eigenvalue weighted by Gasteiger charge is 2.25. The predicted molar refractivity (Wildman–Crippen MR) is 170 cm³/mol. The third-order valence-corrected chi connectivity index (χ3v) is 8.16. The first-order valence-corrected chi connectivity index (χ1v) is 13.8. The average Bonchev–Trinajstić information content (AvgIpc) is 3.57. The van der Waals surface area contributed by atoms with Gasteiger partial charge in [-0.15, -0.1) is 0 Å². The van der Waals surface area contributed by atoms with Gasteiger partial charge in [-0.05, 0) is 54.6 Å². The van der Waals surface area contributed by atoms with Crippen LogP contribution in [0.2, 0.25) is 0 Å². The molecule has 0 amide bonds. The summed E-state index contributed by atoms with van der Waals surface area (Å²) in [7, 11) is 0. The van der Waals surface area contributed by atoms with Crippen molar-refractivity contribution in [3.05, 3.63) is 145 Å². The van der Waals surface area contributed by atoms with Gasteiger partial charge in [0, 0.05) is 44.0 Å². The number of nitriles is 2. The second-order valence-corrected chi connectivity index (χ2v) is 10.4. The second-order valence-electron chi connectivity index (χ2n) is 10.4. The van der Waals surface area contributed by atoms with E-state index in [-0.39, 0.29) is 0 Å². The van der Waals surface area contributed by atoms with E-state index in [9.17, 15) is 10.5 Å². The molecule has 4 heteroatoms. The van der Waals surface area contributed by atoms with Crippen LogP contribution < -0.4 is 0 Å². The van der Waals surface area contributed by atoms with Crippen LogP contribution in [0.5, 0.6) is 0 Å². The van der Waals surface area contributed by atoms with Crippen molar-refractivity contribution in [1.29, 1.82) is 10.5 Å². The molecule has 2 aromatic heterocycles. The van der Waals surface area contributed by atoms with Crippen molar-refractivity contribution < 1.29 is 0 Å². The molecule has 0 bridgehead atoms. The highest BCUT2D eigenvalue weighted by atomic mass is 15.0. The van der Waals surface area contributed by atoms with Gasteiger partial charge in [0.1, 0.15) is 0 Å². The molecule has 8 aromatic rings. The lowest BCUT2D eigenvalue weighted by Crippen LogP contribution is -2.00. The molecule has 0 saturated heterocycles. The van der Waals surface area contributed by atoms with Crippen LogP contribution in [0, 0.1) is 22.7 Å². The summed E-state index contributed by atoms with van der Waals surface area (Å²) in [6, 6.07) is 50.1. The van der Waals surface area contributed by atoms with Gasteiger partial charge in [0.2, 0.25) is 0 Å². The summed E-state index contributed by atoms with van der Waals surface area (Å²) in [5.41, 5.74) is 9.01. The first-order valence-electron chi connectivity index (χ1n) is 13.8. The Kier molecular flexibility index (Phi) is 5.22. The Labute approximate surface area is 242 Å². The van der Waals surface area contributed by atoms with E-state index in [2.05, 4.69) is 124 Å². The number of nitrogens with zero attached hydrogens (tertiary/aromatic N) is 4. The van der Waals surface area contributed by atoms with Crippen LogP contribution in [-0.4, -0.2) is 9.13 Å². The lowest BCUT2D eigenvalue weighted by Gasteiger charge is -2.17. The normalized spacial score (nSPS) is 11.3. The van der Waals surface area contributed by atoms with Gasteiger partial charge in [-0.2, -0.15) is 10.5 Å². The zero-order chi connectivity index (χ0) is 28.2. The first kappa shape index (κ1) is 23.8. The molecule has 0 aliphatic heterocycles. The Bertz CT molecular complexity index is 2280. The minimum atomic E-state index is 0.464. The topological polar surface area (TPSA) is 57.4 Å². The van der Waals surface area contributed by atoms with Crippen molar-refractivity contribution >= 4 is 43.6 Å². The van der Waals surface area contributed by atoms with Crippen LogP contribution in [0.15, 0.2) is 133 Å². The van der Waals surface area contributed by atoms with Crippen molar-refractivity contribution in [2.45, 2.75) is 0 Å². The van der Waals surface area contributed by atoms with E-state index in [1.54, 1.807) is 6.07 Å². The number of hydrogen-bond donors (Lipinski definition) is 0. The van der Waals surface area contributed by atoms with E-state index >= 15 is 0 Å². The monoisotopic (exact) mass is 534 g/mol. The summed E-state index contributed by atoms with van der Waals surface area (Å²) in [6.45, 7) is 0. The zero-order valence-corrected chi connectivity index (χ0v) is 22.5. The standard InChI is InChI=1S/C38H22N4/c39-23-25-19-20-29(26(21-25)24-40)36-37-32(30-15-7-9-17-34(30)41(37)27-11-3-1-4-12-27)22-33-31-16-8-10-18-35(31)42(38(33)36)28-13-5-2-6-14-28/h1-22H. The van der Waals surface area contributed by atoms with E-state index in [1.807, 2.05) is 24.3 Å². The van der Waals surface area contributed by atoms with E-state index in [0.717, 1.165) is 66.1 Å². The fourth-order valence-electron chi connectivity index (χ4n) is 6.44. The summed E-state index contributed by atoms with van der Waals surface area (Å²) >= 11 is 0. The molecule has 42 heavy (non-hydrogen) atoms. The number of benzene rings is 6. The lowest BCUT2D eigenvalue weighted by molar-refractivity contribution is 1.16. The molecule has 0 aliphatic carbocycles. The molecule has 6 aromatic carbocycles. The molecule has 0 aliphatic rings. The minimum Gasteiger partial charge on any atom is -0.309 e. The predicted octanol–water partition coefficient (Wildman–Crippen LogP) is 9.29. The van der Waals surface area contributed by atoms with E-state index in [0.29, 0.717) is 11.1 Å². The van der Waals surface area contributed by atoms with Crippen LogP contribution in [0.1, 0.15) is 11.1 Å². The summed E-state index contributed by atoms with van der Waals surface area (Å²) in [4.78, 5) is 0. The van der Waals surface area contributed by atoms with Gasteiger partial charge < -0.3 is 9.13 Å².